The molecule has 0 bridgehead atoms. The van der Waals surface area contributed by atoms with Crippen LogP contribution in [0.15, 0.2) is 12.1 Å². The van der Waals surface area contributed by atoms with Gasteiger partial charge < -0.3 is 9.47 Å². The summed E-state index contributed by atoms with van der Waals surface area (Å²) in [7, 11) is 0.230. The summed E-state index contributed by atoms with van der Waals surface area (Å²) in [6.45, 7) is 2.60. The molecule has 0 spiro atoms. The van der Waals surface area contributed by atoms with Crippen LogP contribution in [0.1, 0.15) is 36.4 Å². The SMILES string of the molecule is COc1ccc(OC)c2c1CCN1C[C@H]3CCCN(S(C)(=O)=O)[C@H]3C[C@@H]21. The summed E-state index contributed by atoms with van der Waals surface area (Å²) >= 11 is 0. The van der Waals surface area contributed by atoms with Gasteiger partial charge in [0, 0.05) is 42.8 Å². The van der Waals surface area contributed by atoms with E-state index in [4.69, 9.17) is 9.47 Å². The maximum atomic E-state index is 12.3. The van der Waals surface area contributed by atoms with E-state index < -0.39 is 10.0 Å². The summed E-state index contributed by atoms with van der Waals surface area (Å²) in [6, 6.07) is 4.22. The lowest BCUT2D eigenvalue weighted by Gasteiger charge is -2.51. The molecule has 6 nitrogen and oxygen atoms in total. The van der Waals surface area contributed by atoms with Gasteiger partial charge in [0.1, 0.15) is 11.5 Å². The number of rotatable bonds is 3. The number of ether oxygens (including phenoxy) is 2. The maximum Gasteiger partial charge on any atom is 0.211 e. The van der Waals surface area contributed by atoms with Gasteiger partial charge in [0.2, 0.25) is 10.0 Å². The van der Waals surface area contributed by atoms with Gasteiger partial charge in [-0.2, -0.15) is 4.31 Å². The van der Waals surface area contributed by atoms with Crippen molar-refractivity contribution in [1.29, 1.82) is 0 Å². The Labute approximate surface area is 156 Å². The largest absolute Gasteiger partial charge is 0.496 e. The zero-order valence-electron chi connectivity index (χ0n) is 15.8. The van der Waals surface area contributed by atoms with Gasteiger partial charge in [-0.05, 0) is 43.7 Å². The number of nitrogens with zero attached hydrogens (tertiary/aromatic N) is 2. The molecule has 3 aliphatic rings. The van der Waals surface area contributed by atoms with Crippen LogP contribution in [0.2, 0.25) is 0 Å². The third-order valence-electron chi connectivity index (χ3n) is 6.36. The standard InChI is InChI=1S/C19H28N2O4S/c1-24-17-6-7-18(25-2)19-14(17)8-10-20-12-13-5-4-9-21(26(3,22)23)15(13)11-16(19)20/h6-7,13,15-16H,4-5,8-12H2,1-3H3/t13-,15+,16+/m1/s1. The zero-order chi connectivity index (χ0) is 18.5. The lowest BCUT2D eigenvalue weighted by atomic mass is 9.77. The van der Waals surface area contributed by atoms with Crippen molar-refractivity contribution in [3.8, 4) is 11.5 Å². The Balaban J connectivity index is 1.75. The number of methoxy groups -OCH3 is 2. The highest BCUT2D eigenvalue weighted by Gasteiger charge is 2.46. The van der Waals surface area contributed by atoms with E-state index in [1.807, 2.05) is 12.1 Å². The van der Waals surface area contributed by atoms with E-state index in [9.17, 15) is 8.42 Å². The molecule has 3 atom stereocenters. The Hall–Kier alpha value is -1.31. The molecule has 144 valence electrons. The van der Waals surface area contributed by atoms with E-state index >= 15 is 0 Å². The van der Waals surface area contributed by atoms with Crippen LogP contribution in [-0.2, 0) is 16.4 Å². The van der Waals surface area contributed by atoms with Gasteiger partial charge in [0.15, 0.2) is 0 Å². The normalized spacial score (nSPS) is 29.4. The van der Waals surface area contributed by atoms with Crippen LogP contribution in [0, 0.1) is 5.92 Å². The first kappa shape index (κ1) is 18.1. The van der Waals surface area contributed by atoms with Gasteiger partial charge in [-0.1, -0.05) is 0 Å². The predicted octanol–water partition coefficient (Wildman–Crippen LogP) is 2.05. The summed E-state index contributed by atoms with van der Waals surface area (Å²) < 4.78 is 37.7. The minimum absolute atomic E-state index is 0.0851. The summed E-state index contributed by atoms with van der Waals surface area (Å²) in [4.78, 5) is 2.53. The molecule has 7 heteroatoms. The summed E-state index contributed by atoms with van der Waals surface area (Å²) in [5.74, 6) is 2.22. The van der Waals surface area contributed by atoms with E-state index in [1.165, 1.54) is 17.4 Å². The molecule has 26 heavy (non-hydrogen) atoms. The predicted molar refractivity (Wildman–Crippen MR) is 100 cm³/mol. The van der Waals surface area contributed by atoms with Crippen molar-refractivity contribution in [2.45, 2.75) is 37.8 Å². The zero-order valence-corrected chi connectivity index (χ0v) is 16.6. The van der Waals surface area contributed by atoms with Crippen molar-refractivity contribution in [1.82, 2.24) is 9.21 Å². The minimum atomic E-state index is -3.18. The van der Waals surface area contributed by atoms with Crippen LogP contribution in [0.25, 0.3) is 0 Å². The van der Waals surface area contributed by atoms with Gasteiger partial charge in [0.05, 0.1) is 20.5 Å². The van der Waals surface area contributed by atoms with Gasteiger partial charge >= 0.3 is 0 Å². The molecule has 0 radical (unpaired) electrons. The Morgan fingerprint density at radius 1 is 1.12 bits per heavy atom. The second-order valence-electron chi connectivity index (χ2n) is 7.70. The number of hydrogen-bond acceptors (Lipinski definition) is 5. The number of sulfonamides is 1. The highest BCUT2D eigenvalue weighted by molar-refractivity contribution is 7.88. The van der Waals surface area contributed by atoms with Crippen LogP contribution in [0.5, 0.6) is 11.5 Å². The molecule has 0 N–H and O–H groups in total. The molecule has 0 amide bonds. The molecule has 2 saturated heterocycles. The van der Waals surface area contributed by atoms with E-state index in [0.29, 0.717) is 12.5 Å². The van der Waals surface area contributed by atoms with E-state index in [-0.39, 0.29) is 12.1 Å². The van der Waals surface area contributed by atoms with Crippen molar-refractivity contribution in [2.24, 2.45) is 5.92 Å². The number of piperidine rings is 2. The molecule has 1 aromatic rings. The van der Waals surface area contributed by atoms with Crippen molar-refractivity contribution < 1.29 is 17.9 Å². The van der Waals surface area contributed by atoms with Crippen LogP contribution < -0.4 is 9.47 Å². The molecule has 3 heterocycles. The lowest BCUT2D eigenvalue weighted by molar-refractivity contribution is 0.0210. The first-order valence-corrected chi connectivity index (χ1v) is 11.2. The minimum Gasteiger partial charge on any atom is -0.496 e. The first-order chi connectivity index (χ1) is 12.4. The Kier molecular flexibility index (Phi) is 4.65. The second kappa shape index (κ2) is 6.69. The van der Waals surface area contributed by atoms with Crippen molar-refractivity contribution in [2.75, 3.05) is 40.1 Å². The number of benzene rings is 1. The lowest BCUT2D eigenvalue weighted by Crippen LogP contribution is -2.57. The fourth-order valence-electron chi connectivity index (χ4n) is 5.26. The molecule has 3 aliphatic heterocycles. The molecule has 0 aromatic heterocycles. The molecule has 0 saturated carbocycles. The quantitative estimate of drug-likeness (QED) is 0.803. The Morgan fingerprint density at radius 2 is 1.85 bits per heavy atom. The average Bonchev–Trinajstić information content (AvgIpc) is 2.63. The average molecular weight is 381 g/mol. The topological polar surface area (TPSA) is 59.1 Å². The first-order valence-electron chi connectivity index (χ1n) is 9.38. The van der Waals surface area contributed by atoms with E-state index in [2.05, 4.69) is 4.90 Å². The third-order valence-corrected chi connectivity index (χ3v) is 7.67. The third kappa shape index (κ3) is 2.90. The molecular weight excluding hydrogens is 352 g/mol. The molecule has 0 unspecified atom stereocenters. The molecular formula is C19H28N2O4S. The van der Waals surface area contributed by atoms with Gasteiger partial charge in [0.25, 0.3) is 0 Å². The Bertz CT molecular complexity index is 795. The van der Waals surface area contributed by atoms with Crippen molar-refractivity contribution >= 4 is 10.0 Å². The molecule has 1 aromatic carbocycles. The fourth-order valence-corrected chi connectivity index (χ4v) is 6.47. The van der Waals surface area contributed by atoms with Gasteiger partial charge in [-0.3, -0.25) is 4.90 Å². The van der Waals surface area contributed by atoms with Crippen molar-refractivity contribution in [3.63, 3.8) is 0 Å². The van der Waals surface area contributed by atoms with E-state index in [0.717, 1.165) is 50.3 Å². The van der Waals surface area contributed by atoms with Gasteiger partial charge in [-0.15, -0.1) is 0 Å². The molecule has 2 fully saturated rings. The van der Waals surface area contributed by atoms with Crippen LogP contribution in [0.3, 0.4) is 0 Å². The Morgan fingerprint density at radius 3 is 2.54 bits per heavy atom. The number of hydrogen-bond donors (Lipinski definition) is 0. The maximum absolute atomic E-state index is 12.3. The monoisotopic (exact) mass is 380 g/mol. The van der Waals surface area contributed by atoms with E-state index in [1.54, 1.807) is 18.5 Å². The molecule has 0 aliphatic carbocycles. The fraction of sp³-hybridized carbons (Fsp3) is 0.684. The molecule has 4 rings (SSSR count). The summed E-state index contributed by atoms with van der Waals surface area (Å²) in [6.07, 6.45) is 5.19. The summed E-state index contributed by atoms with van der Waals surface area (Å²) in [5, 5.41) is 0. The van der Waals surface area contributed by atoms with Crippen molar-refractivity contribution in [3.05, 3.63) is 23.3 Å². The smallest absolute Gasteiger partial charge is 0.211 e. The number of fused-ring (bicyclic) bond motifs is 4. The van der Waals surface area contributed by atoms with Crippen LogP contribution in [-0.4, -0.2) is 63.8 Å². The highest BCUT2D eigenvalue weighted by Crippen LogP contribution is 2.48. The van der Waals surface area contributed by atoms with Crippen LogP contribution in [0.4, 0.5) is 0 Å². The highest BCUT2D eigenvalue weighted by atomic mass is 32.2. The second-order valence-corrected chi connectivity index (χ2v) is 9.64. The van der Waals surface area contributed by atoms with Crippen LogP contribution >= 0.6 is 0 Å². The summed E-state index contributed by atoms with van der Waals surface area (Å²) in [5.41, 5.74) is 2.41. The van der Waals surface area contributed by atoms with Gasteiger partial charge in [-0.25, -0.2) is 8.42 Å².